The highest BCUT2D eigenvalue weighted by atomic mass is 16.6. The summed E-state index contributed by atoms with van der Waals surface area (Å²) in [5.74, 6) is 1.24. The van der Waals surface area contributed by atoms with E-state index in [1.165, 1.54) is 0 Å². The number of likely N-dealkylation sites (tertiary alicyclic amines) is 1. The zero-order chi connectivity index (χ0) is 18.0. The third-order valence-corrected chi connectivity index (χ3v) is 4.28. The van der Waals surface area contributed by atoms with Gasteiger partial charge in [0.05, 0.1) is 12.5 Å². The first-order valence-corrected chi connectivity index (χ1v) is 8.90. The fraction of sp³-hybridized carbons (Fsp3) is 0.765. The second kappa shape index (κ2) is 7.01. The third kappa shape index (κ3) is 4.93. The quantitative estimate of drug-likeness (QED) is 0.894. The maximum absolute atomic E-state index is 12.4. The van der Waals surface area contributed by atoms with E-state index in [0.717, 1.165) is 31.5 Å². The predicted octanol–water partition coefficient (Wildman–Crippen LogP) is 2.21. The molecule has 8 nitrogen and oxygen atoms in total. The number of aromatic nitrogens is 2. The topological polar surface area (TPSA) is 97.6 Å². The molecule has 0 unspecified atom stereocenters. The van der Waals surface area contributed by atoms with E-state index in [4.69, 9.17) is 9.26 Å². The van der Waals surface area contributed by atoms with Gasteiger partial charge in [0.2, 0.25) is 11.8 Å². The van der Waals surface area contributed by atoms with Crippen LogP contribution in [0.4, 0.5) is 4.79 Å². The summed E-state index contributed by atoms with van der Waals surface area (Å²) in [6.07, 6.45) is 3.38. The molecule has 0 aromatic carbocycles. The SMILES string of the molecule is CC(C)(C)OC(=O)N1CCC[C@@H](C(=O)NCc2nc(C3CC3)no2)C1. The highest BCUT2D eigenvalue weighted by molar-refractivity contribution is 5.79. The van der Waals surface area contributed by atoms with Crippen molar-refractivity contribution < 1.29 is 18.8 Å². The molecule has 1 saturated carbocycles. The second-order valence-corrected chi connectivity index (χ2v) is 7.80. The van der Waals surface area contributed by atoms with Gasteiger partial charge in [-0.15, -0.1) is 0 Å². The number of carbonyl (C=O) groups is 2. The number of hydrogen-bond acceptors (Lipinski definition) is 6. The number of ether oxygens (including phenoxy) is 1. The molecule has 1 aromatic heterocycles. The largest absolute Gasteiger partial charge is 0.444 e. The smallest absolute Gasteiger partial charge is 0.410 e. The lowest BCUT2D eigenvalue weighted by molar-refractivity contribution is -0.126. The van der Waals surface area contributed by atoms with Gasteiger partial charge in [0.15, 0.2) is 5.82 Å². The standard InChI is InChI=1S/C17H26N4O4/c1-17(2,3)24-16(23)21-8-4-5-12(10-21)15(22)18-9-13-19-14(20-25-13)11-6-7-11/h11-12H,4-10H2,1-3H3,(H,18,22)/t12-/m1/s1. The van der Waals surface area contributed by atoms with Crippen molar-refractivity contribution in [2.75, 3.05) is 13.1 Å². The van der Waals surface area contributed by atoms with Crippen LogP contribution < -0.4 is 5.32 Å². The van der Waals surface area contributed by atoms with E-state index in [2.05, 4.69) is 15.5 Å². The van der Waals surface area contributed by atoms with Gasteiger partial charge in [-0.3, -0.25) is 4.79 Å². The predicted molar refractivity (Wildman–Crippen MR) is 88.7 cm³/mol. The number of nitrogens with zero attached hydrogens (tertiary/aromatic N) is 3. The molecule has 25 heavy (non-hydrogen) atoms. The van der Waals surface area contributed by atoms with Crippen LogP contribution in [0.3, 0.4) is 0 Å². The first-order valence-electron chi connectivity index (χ1n) is 8.90. The van der Waals surface area contributed by atoms with Crippen molar-refractivity contribution >= 4 is 12.0 Å². The first-order chi connectivity index (χ1) is 11.8. The molecular formula is C17H26N4O4. The van der Waals surface area contributed by atoms with E-state index in [1.54, 1.807) is 4.90 Å². The Labute approximate surface area is 147 Å². The Hall–Kier alpha value is -2.12. The van der Waals surface area contributed by atoms with E-state index in [-0.39, 0.29) is 24.5 Å². The van der Waals surface area contributed by atoms with Crippen molar-refractivity contribution in [3.05, 3.63) is 11.7 Å². The van der Waals surface area contributed by atoms with Crippen molar-refractivity contribution in [2.24, 2.45) is 5.92 Å². The Balaban J connectivity index is 1.48. The van der Waals surface area contributed by atoms with Gasteiger partial charge in [0.25, 0.3) is 0 Å². The number of piperidine rings is 1. The van der Waals surface area contributed by atoms with Crippen LogP contribution in [0.15, 0.2) is 4.52 Å². The number of hydrogen-bond donors (Lipinski definition) is 1. The summed E-state index contributed by atoms with van der Waals surface area (Å²) < 4.78 is 10.5. The van der Waals surface area contributed by atoms with Crippen LogP contribution in [0.2, 0.25) is 0 Å². The molecule has 1 atom stereocenters. The third-order valence-electron chi connectivity index (χ3n) is 4.28. The Bertz CT molecular complexity index is 633. The monoisotopic (exact) mass is 350 g/mol. The van der Waals surface area contributed by atoms with Crippen molar-refractivity contribution in [1.82, 2.24) is 20.4 Å². The molecule has 8 heteroatoms. The van der Waals surface area contributed by atoms with Gasteiger partial charge in [0.1, 0.15) is 5.60 Å². The van der Waals surface area contributed by atoms with E-state index in [0.29, 0.717) is 24.9 Å². The molecule has 2 fully saturated rings. The van der Waals surface area contributed by atoms with Gasteiger partial charge in [-0.1, -0.05) is 5.16 Å². The fourth-order valence-electron chi connectivity index (χ4n) is 2.84. The molecule has 1 aliphatic heterocycles. The maximum Gasteiger partial charge on any atom is 0.410 e. The minimum absolute atomic E-state index is 0.0977. The van der Waals surface area contributed by atoms with Crippen LogP contribution >= 0.6 is 0 Å². The second-order valence-electron chi connectivity index (χ2n) is 7.80. The Morgan fingerprint density at radius 3 is 2.76 bits per heavy atom. The Kier molecular flexibility index (Phi) is 4.96. The summed E-state index contributed by atoms with van der Waals surface area (Å²) in [5, 5.41) is 6.77. The van der Waals surface area contributed by atoms with Crippen molar-refractivity contribution in [3.63, 3.8) is 0 Å². The highest BCUT2D eigenvalue weighted by Gasteiger charge is 2.32. The van der Waals surface area contributed by atoms with Gasteiger partial charge < -0.3 is 19.5 Å². The maximum atomic E-state index is 12.4. The summed E-state index contributed by atoms with van der Waals surface area (Å²) in [5.41, 5.74) is -0.538. The summed E-state index contributed by atoms with van der Waals surface area (Å²) >= 11 is 0. The molecule has 2 aliphatic rings. The molecule has 138 valence electrons. The van der Waals surface area contributed by atoms with E-state index in [9.17, 15) is 9.59 Å². The molecule has 1 aromatic rings. The molecule has 1 saturated heterocycles. The molecule has 1 N–H and O–H groups in total. The van der Waals surface area contributed by atoms with Crippen LogP contribution in [0.1, 0.15) is 64.1 Å². The zero-order valence-corrected chi connectivity index (χ0v) is 15.1. The Morgan fingerprint density at radius 1 is 1.32 bits per heavy atom. The van der Waals surface area contributed by atoms with Gasteiger partial charge in [-0.25, -0.2) is 4.79 Å². The molecule has 3 rings (SSSR count). The van der Waals surface area contributed by atoms with Crippen LogP contribution in [0, 0.1) is 5.92 Å². The van der Waals surface area contributed by atoms with Crippen LogP contribution in [-0.2, 0) is 16.1 Å². The average molecular weight is 350 g/mol. The Morgan fingerprint density at radius 2 is 2.08 bits per heavy atom. The van der Waals surface area contributed by atoms with E-state index in [1.807, 2.05) is 20.8 Å². The molecule has 0 bridgehead atoms. The number of amides is 2. The van der Waals surface area contributed by atoms with Crippen molar-refractivity contribution in [2.45, 2.75) is 64.5 Å². The zero-order valence-electron chi connectivity index (χ0n) is 15.1. The van der Waals surface area contributed by atoms with Crippen molar-refractivity contribution in [1.29, 1.82) is 0 Å². The number of nitrogens with one attached hydrogen (secondary N) is 1. The number of rotatable bonds is 4. The minimum atomic E-state index is -0.538. The van der Waals surface area contributed by atoms with Crippen LogP contribution in [-0.4, -0.2) is 45.7 Å². The summed E-state index contributed by atoms with van der Waals surface area (Å²) in [6, 6.07) is 0. The summed E-state index contributed by atoms with van der Waals surface area (Å²) in [7, 11) is 0. The van der Waals surface area contributed by atoms with Gasteiger partial charge in [-0.05, 0) is 46.5 Å². The van der Waals surface area contributed by atoms with E-state index < -0.39 is 5.60 Å². The summed E-state index contributed by atoms with van der Waals surface area (Å²) in [4.78, 5) is 30.5. The minimum Gasteiger partial charge on any atom is -0.444 e. The summed E-state index contributed by atoms with van der Waals surface area (Å²) in [6.45, 7) is 6.71. The van der Waals surface area contributed by atoms with Gasteiger partial charge in [0, 0.05) is 19.0 Å². The fourth-order valence-corrected chi connectivity index (χ4v) is 2.84. The average Bonchev–Trinajstić information content (AvgIpc) is 3.30. The molecule has 2 amide bonds. The lowest BCUT2D eigenvalue weighted by atomic mass is 9.97. The lowest BCUT2D eigenvalue weighted by Gasteiger charge is -2.33. The van der Waals surface area contributed by atoms with Gasteiger partial charge in [-0.2, -0.15) is 4.98 Å². The lowest BCUT2D eigenvalue weighted by Crippen LogP contribution is -2.46. The molecule has 0 spiro atoms. The van der Waals surface area contributed by atoms with Crippen LogP contribution in [0.5, 0.6) is 0 Å². The molecular weight excluding hydrogens is 324 g/mol. The number of carbonyl (C=O) groups excluding carboxylic acids is 2. The molecule has 1 aliphatic carbocycles. The van der Waals surface area contributed by atoms with Crippen molar-refractivity contribution in [3.8, 4) is 0 Å². The van der Waals surface area contributed by atoms with E-state index >= 15 is 0 Å². The molecule has 2 heterocycles. The molecule has 0 radical (unpaired) electrons. The first kappa shape index (κ1) is 17.7. The normalized spacial score (nSPS) is 21.1. The van der Waals surface area contributed by atoms with Crippen LogP contribution in [0.25, 0.3) is 0 Å². The highest BCUT2D eigenvalue weighted by Crippen LogP contribution is 2.38. The van der Waals surface area contributed by atoms with Gasteiger partial charge >= 0.3 is 6.09 Å².